The Hall–Kier alpha value is -0.240. The van der Waals surface area contributed by atoms with Crippen molar-refractivity contribution in [1.82, 2.24) is 5.32 Å². The van der Waals surface area contributed by atoms with Crippen molar-refractivity contribution >= 4 is 23.2 Å². The van der Waals surface area contributed by atoms with Crippen LogP contribution in [0.25, 0.3) is 0 Å². The Kier molecular flexibility index (Phi) is 4.91. The van der Waals surface area contributed by atoms with Gasteiger partial charge in [0.15, 0.2) is 0 Å². The SMILES string of the molecule is CCC(C)NC(C)c1ccc(Cl)cc1Cl. The van der Waals surface area contributed by atoms with Gasteiger partial charge in [0, 0.05) is 22.1 Å². The van der Waals surface area contributed by atoms with E-state index in [9.17, 15) is 0 Å². The lowest BCUT2D eigenvalue weighted by atomic mass is 10.1. The van der Waals surface area contributed by atoms with E-state index in [0.717, 1.165) is 17.0 Å². The molecule has 0 radical (unpaired) electrons. The van der Waals surface area contributed by atoms with Crippen LogP contribution in [0.2, 0.25) is 10.0 Å². The average Bonchev–Trinajstić information content (AvgIpc) is 2.17. The Morgan fingerprint density at radius 3 is 2.47 bits per heavy atom. The number of hydrogen-bond acceptors (Lipinski definition) is 1. The zero-order valence-corrected chi connectivity index (χ0v) is 10.9. The van der Waals surface area contributed by atoms with Gasteiger partial charge in [0.2, 0.25) is 0 Å². The normalized spacial score (nSPS) is 15.0. The highest BCUT2D eigenvalue weighted by Crippen LogP contribution is 2.26. The molecule has 15 heavy (non-hydrogen) atoms. The summed E-state index contributed by atoms with van der Waals surface area (Å²) in [5.74, 6) is 0. The molecule has 0 aliphatic rings. The van der Waals surface area contributed by atoms with Gasteiger partial charge in [0.05, 0.1) is 0 Å². The van der Waals surface area contributed by atoms with E-state index in [4.69, 9.17) is 23.2 Å². The topological polar surface area (TPSA) is 12.0 Å². The van der Waals surface area contributed by atoms with E-state index in [-0.39, 0.29) is 6.04 Å². The van der Waals surface area contributed by atoms with Crippen LogP contribution in [0.4, 0.5) is 0 Å². The van der Waals surface area contributed by atoms with Crippen molar-refractivity contribution in [2.24, 2.45) is 0 Å². The maximum Gasteiger partial charge on any atom is 0.0468 e. The quantitative estimate of drug-likeness (QED) is 0.827. The molecule has 0 amide bonds. The number of benzene rings is 1. The van der Waals surface area contributed by atoms with Gasteiger partial charge in [-0.15, -0.1) is 0 Å². The molecule has 0 spiro atoms. The van der Waals surface area contributed by atoms with Crippen LogP contribution in [0.1, 0.15) is 38.8 Å². The Morgan fingerprint density at radius 1 is 1.27 bits per heavy atom. The Morgan fingerprint density at radius 2 is 1.93 bits per heavy atom. The van der Waals surface area contributed by atoms with E-state index in [1.54, 1.807) is 6.07 Å². The minimum absolute atomic E-state index is 0.254. The summed E-state index contributed by atoms with van der Waals surface area (Å²) >= 11 is 12.0. The van der Waals surface area contributed by atoms with Crippen molar-refractivity contribution in [3.63, 3.8) is 0 Å². The molecule has 0 saturated heterocycles. The van der Waals surface area contributed by atoms with Crippen LogP contribution in [-0.2, 0) is 0 Å². The first-order valence-electron chi connectivity index (χ1n) is 5.25. The van der Waals surface area contributed by atoms with Gasteiger partial charge < -0.3 is 5.32 Å². The first-order chi connectivity index (χ1) is 7.04. The maximum atomic E-state index is 6.13. The van der Waals surface area contributed by atoms with Crippen LogP contribution < -0.4 is 5.32 Å². The third kappa shape index (κ3) is 3.67. The van der Waals surface area contributed by atoms with Gasteiger partial charge in [0.1, 0.15) is 0 Å². The first kappa shape index (κ1) is 12.8. The van der Waals surface area contributed by atoms with Crippen molar-refractivity contribution in [2.75, 3.05) is 0 Å². The smallest absolute Gasteiger partial charge is 0.0468 e. The molecule has 84 valence electrons. The fraction of sp³-hybridized carbons (Fsp3) is 0.500. The second-order valence-corrected chi connectivity index (χ2v) is 4.71. The number of rotatable bonds is 4. The summed E-state index contributed by atoms with van der Waals surface area (Å²) < 4.78 is 0. The lowest BCUT2D eigenvalue weighted by molar-refractivity contribution is 0.469. The molecule has 2 atom stereocenters. The summed E-state index contributed by atoms with van der Waals surface area (Å²) in [4.78, 5) is 0. The van der Waals surface area contributed by atoms with Crippen molar-refractivity contribution in [2.45, 2.75) is 39.3 Å². The molecule has 1 N–H and O–H groups in total. The van der Waals surface area contributed by atoms with Crippen molar-refractivity contribution in [3.05, 3.63) is 33.8 Å². The van der Waals surface area contributed by atoms with Crippen LogP contribution in [-0.4, -0.2) is 6.04 Å². The molecular formula is C12H17Cl2N. The average molecular weight is 246 g/mol. The van der Waals surface area contributed by atoms with Gasteiger partial charge in [-0.25, -0.2) is 0 Å². The molecule has 1 rings (SSSR count). The highest BCUT2D eigenvalue weighted by molar-refractivity contribution is 6.35. The van der Waals surface area contributed by atoms with Crippen LogP contribution >= 0.6 is 23.2 Å². The van der Waals surface area contributed by atoms with Gasteiger partial charge in [-0.2, -0.15) is 0 Å². The second-order valence-electron chi connectivity index (χ2n) is 3.86. The third-order valence-electron chi connectivity index (χ3n) is 2.58. The summed E-state index contributed by atoms with van der Waals surface area (Å²) in [6, 6.07) is 6.38. The Labute approximate surface area is 102 Å². The van der Waals surface area contributed by atoms with Gasteiger partial charge in [0.25, 0.3) is 0 Å². The van der Waals surface area contributed by atoms with E-state index in [1.807, 2.05) is 12.1 Å². The van der Waals surface area contributed by atoms with Crippen molar-refractivity contribution in [1.29, 1.82) is 0 Å². The molecule has 0 aliphatic carbocycles. The van der Waals surface area contributed by atoms with Gasteiger partial charge in [-0.05, 0) is 38.0 Å². The minimum Gasteiger partial charge on any atom is -0.308 e. The fourth-order valence-corrected chi connectivity index (χ4v) is 2.06. The standard InChI is InChI=1S/C12H17Cl2N/c1-4-8(2)15-9(3)11-6-5-10(13)7-12(11)14/h5-9,15H,4H2,1-3H3. The molecule has 0 heterocycles. The van der Waals surface area contributed by atoms with Gasteiger partial charge >= 0.3 is 0 Å². The Bertz CT molecular complexity index is 325. The van der Waals surface area contributed by atoms with Gasteiger partial charge in [-0.1, -0.05) is 36.2 Å². The monoisotopic (exact) mass is 245 g/mol. The predicted octanol–water partition coefficient (Wildman–Crippen LogP) is 4.44. The van der Waals surface area contributed by atoms with Crippen LogP contribution in [0.15, 0.2) is 18.2 Å². The van der Waals surface area contributed by atoms with Gasteiger partial charge in [-0.3, -0.25) is 0 Å². The van der Waals surface area contributed by atoms with E-state index < -0.39 is 0 Å². The highest BCUT2D eigenvalue weighted by Gasteiger charge is 2.11. The number of hydrogen-bond donors (Lipinski definition) is 1. The molecule has 1 aromatic rings. The summed E-state index contributed by atoms with van der Waals surface area (Å²) in [7, 11) is 0. The van der Waals surface area contributed by atoms with E-state index in [2.05, 4.69) is 26.1 Å². The summed E-state index contributed by atoms with van der Waals surface area (Å²) in [6.45, 7) is 6.44. The third-order valence-corrected chi connectivity index (χ3v) is 3.14. The molecule has 0 aromatic heterocycles. The minimum atomic E-state index is 0.254. The molecule has 0 bridgehead atoms. The van der Waals surface area contributed by atoms with E-state index in [1.165, 1.54) is 0 Å². The largest absolute Gasteiger partial charge is 0.308 e. The molecule has 0 aliphatic heterocycles. The molecule has 0 saturated carbocycles. The second kappa shape index (κ2) is 5.74. The zero-order chi connectivity index (χ0) is 11.4. The first-order valence-corrected chi connectivity index (χ1v) is 6.01. The van der Waals surface area contributed by atoms with Crippen molar-refractivity contribution < 1.29 is 0 Å². The van der Waals surface area contributed by atoms with E-state index in [0.29, 0.717) is 11.1 Å². The molecule has 2 unspecified atom stereocenters. The lowest BCUT2D eigenvalue weighted by Crippen LogP contribution is -2.28. The summed E-state index contributed by atoms with van der Waals surface area (Å²) in [5.41, 5.74) is 1.10. The van der Waals surface area contributed by atoms with Crippen LogP contribution in [0.5, 0.6) is 0 Å². The zero-order valence-electron chi connectivity index (χ0n) is 9.35. The summed E-state index contributed by atoms with van der Waals surface area (Å²) in [6.07, 6.45) is 1.11. The van der Waals surface area contributed by atoms with Crippen LogP contribution in [0.3, 0.4) is 0 Å². The summed E-state index contributed by atoms with van der Waals surface area (Å²) in [5, 5.41) is 4.89. The molecule has 1 aromatic carbocycles. The Balaban J connectivity index is 2.77. The molecular weight excluding hydrogens is 229 g/mol. The van der Waals surface area contributed by atoms with Crippen molar-refractivity contribution in [3.8, 4) is 0 Å². The lowest BCUT2D eigenvalue weighted by Gasteiger charge is -2.20. The highest BCUT2D eigenvalue weighted by atomic mass is 35.5. The number of halogens is 2. The molecule has 3 heteroatoms. The number of nitrogens with one attached hydrogen (secondary N) is 1. The maximum absolute atomic E-state index is 6.13. The predicted molar refractivity (Wildman–Crippen MR) is 67.8 cm³/mol. The molecule has 1 nitrogen and oxygen atoms in total. The fourth-order valence-electron chi connectivity index (χ4n) is 1.49. The van der Waals surface area contributed by atoms with E-state index >= 15 is 0 Å². The molecule has 0 fully saturated rings. The van der Waals surface area contributed by atoms with Crippen LogP contribution in [0, 0.1) is 0 Å².